The van der Waals surface area contributed by atoms with Crippen LogP contribution >= 0.6 is 11.3 Å². The zero-order valence-electron chi connectivity index (χ0n) is 24.6. The SMILES string of the molecule is COc1ccc(OC)c(Nc2nc3c(s2)C[C@@H]2[C@](C)(CO)[C@H](O)CC[C@@]2(C)[C@@H]3CC(=O)N2CCN(C(C)=O)CC2)c1. The van der Waals surface area contributed by atoms with Crippen LogP contribution in [0.4, 0.5) is 10.8 Å². The first kappa shape index (κ1) is 29.6. The van der Waals surface area contributed by atoms with Crippen molar-refractivity contribution >= 4 is 34.0 Å². The van der Waals surface area contributed by atoms with E-state index < -0.39 is 11.5 Å². The summed E-state index contributed by atoms with van der Waals surface area (Å²) in [6, 6.07) is 5.54. The Morgan fingerprint density at radius 2 is 1.85 bits per heavy atom. The predicted molar refractivity (Wildman–Crippen MR) is 157 cm³/mol. The second-order valence-electron chi connectivity index (χ2n) is 12.1. The van der Waals surface area contributed by atoms with Gasteiger partial charge in [0, 0.05) is 61.8 Å². The molecule has 1 saturated carbocycles. The summed E-state index contributed by atoms with van der Waals surface area (Å²) in [7, 11) is 3.23. The highest BCUT2D eigenvalue weighted by molar-refractivity contribution is 7.15. The van der Waals surface area contributed by atoms with E-state index in [1.54, 1.807) is 37.4 Å². The Hall–Kier alpha value is -2.89. The molecular formula is C30H42N4O6S. The average Bonchev–Trinajstić information content (AvgIpc) is 3.38. The van der Waals surface area contributed by atoms with Gasteiger partial charge in [-0.3, -0.25) is 9.59 Å². The summed E-state index contributed by atoms with van der Waals surface area (Å²) >= 11 is 1.55. The smallest absolute Gasteiger partial charge is 0.223 e. The van der Waals surface area contributed by atoms with Gasteiger partial charge in [0.1, 0.15) is 11.5 Å². The van der Waals surface area contributed by atoms with Crippen molar-refractivity contribution in [2.45, 2.75) is 58.5 Å². The standard InChI is InChI=1S/C30H42N4O6S/c1-18(36)33-10-12-34(13-11-33)26(38)15-20-27-23(16-24-29(20,2)9-8-25(37)30(24,3)17-35)41-28(32-27)31-21-14-19(39-4)6-7-22(21)40-5/h6-7,14,20,24-25,35,37H,8-13,15-17H2,1-5H3,(H,31,32)/t20-,24+,25-,29+,30+/m1/s1. The number of aliphatic hydroxyl groups is 2. The van der Waals surface area contributed by atoms with Crippen LogP contribution in [0.15, 0.2) is 18.2 Å². The van der Waals surface area contributed by atoms with Crippen LogP contribution < -0.4 is 14.8 Å². The Kier molecular flexibility index (Phi) is 8.24. The maximum Gasteiger partial charge on any atom is 0.223 e. The van der Waals surface area contributed by atoms with E-state index in [1.807, 2.05) is 30.0 Å². The minimum absolute atomic E-state index is 0.0248. The molecule has 0 radical (unpaired) electrons. The number of piperazine rings is 1. The van der Waals surface area contributed by atoms with Crippen molar-refractivity contribution < 1.29 is 29.3 Å². The van der Waals surface area contributed by atoms with Crippen LogP contribution in [0.25, 0.3) is 0 Å². The van der Waals surface area contributed by atoms with Crippen molar-refractivity contribution in [3.05, 3.63) is 28.8 Å². The van der Waals surface area contributed by atoms with Crippen molar-refractivity contribution in [1.29, 1.82) is 0 Å². The molecule has 1 aliphatic heterocycles. The van der Waals surface area contributed by atoms with E-state index in [0.29, 0.717) is 62.1 Å². The highest BCUT2D eigenvalue weighted by Gasteiger charge is 2.59. The number of nitrogens with zero attached hydrogens (tertiary/aromatic N) is 3. The van der Waals surface area contributed by atoms with Crippen LogP contribution in [0.1, 0.15) is 56.5 Å². The molecule has 2 amide bonds. The largest absolute Gasteiger partial charge is 0.497 e. The van der Waals surface area contributed by atoms with Gasteiger partial charge in [-0.15, -0.1) is 11.3 Å². The zero-order valence-corrected chi connectivity index (χ0v) is 25.4. The molecule has 5 rings (SSSR count). The summed E-state index contributed by atoms with van der Waals surface area (Å²) in [5.41, 5.74) is 0.630. The fourth-order valence-corrected chi connectivity index (χ4v) is 8.38. The number of thiazole rings is 1. The molecule has 10 nitrogen and oxygen atoms in total. The number of rotatable bonds is 7. The predicted octanol–water partition coefficient (Wildman–Crippen LogP) is 3.40. The molecule has 2 aliphatic carbocycles. The molecule has 0 spiro atoms. The van der Waals surface area contributed by atoms with Gasteiger partial charge in [0.15, 0.2) is 5.13 Å². The number of amides is 2. The van der Waals surface area contributed by atoms with Gasteiger partial charge in [0.2, 0.25) is 11.8 Å². The molecule has 3 N–H and O–H groups in total. The Morgan fingerprint density at radius 1 is 1.15 bits per heavy atom. The van der Waals surface area contributed by atoms with Crippen LogP contribution in [0, 0.1) is 16.7 Å². The maximum atomic E-state index is 13.8. The summed E-state index contributed by atoms with van der Waals surface area (Å²) in [4.78, 5) is 35.4. The molecule has 0 unspecified atom stereocenters. The van der Waals surface area contributed by atoms with Crippen LogP contribution in [0.2, 0.25) is 0 Å². The molecule has 2 fully saturated rings. The van der Waals surface area contributed by atoms with Gasteiger partial charge < -0.3 is 34.8 Å². The van der Waals surface area contributed by atoms with E-state index in [0.717, 1.165) is 22.7 Å². The number of methoxy groups -OCH3 is 2. The van der Waals surface area contributed by atoms with Crippen molar-refractivity contribution in [2.75, 3.05) is 52.3 Å². The number of carbonyl (C=O) groups excluding carboxylic acids is 2. The minimum atomic E-state index is -0.688. The van der Waals surface area contributed by atoms with E-state index in [4.69, 9.17) is 14.5 Å². The second-order valence-corrected chi connectivity index (χ2v) is 13.2. The molecule has 3 aliphatic rings. The Labute approximate surface area is 245 Å². The molecule has 0 bridgehead atoms. The zero-order chi connectivity index (χ0) is 29.5. The number of nitrogens with one attached hydrogen (secondary N) is 1. The lowest BCUT2D eigenvalue weighted by atomic mass is 9.47. The number of hydrogen-bond acceptors (Lipinski definition) is 9. The third-order valence-electron chi connectivity index (χ3n) is 10.00. The van der Waals surface area contributed by atoms with Gasteiger partial charge in [0.25, 0.3) is 0 Å². The highest BCUT2D eigenvalue weighted by atomic mass is 32.1. The first-order valence-corrected chi connectivity index (χ1v) is 15.2. The molecule has 5 atom stereocenters. The number of benzene rings is 1. The minimum Gasteiger partial charge on any atom is -0.497 e. The number of ether oxygens (including phenoxy) is 2. The van der Waals surface area contributed by atoms with Gasteiger partial charge >= 0.3 is 0 Å². The van der Waals surface area contributed by atoms with E-state index in [-0.39, 0.29) is 35.7 Å². The monoisotopic (exact) mass is 586 g/mol. The van der Waals surface area contributed by atoms with Crippen LogP contribution in [0.3, 0.4) is 0 Å². The van der Waals surface area contributed by atoms with Crippen molar-refractivity contribution in [1.82, 2.24) is 14.8 Å². The maximum absolute atomic E-state index is 13.8. The third kappa shape index (κ3) is 5.28. The second kappa shape index (κ2) is 11.4. The molecule has 1 aromatic heterocycles. The molecule has 224 valence electrons. The lowest BCUT2D eigenvalue weighted by Crippen LogP contribution is -2.58. The van der Waals surface area contributed by atoms with E-state index in [2.05, 4.69) is 12.2 Å². The Morgan fingerprint density at radius 3 is 2.49 bits per heavy atom. The van der Waals surface area contributed by atoms with Crippen LogP contribution in [0.5, 0.6) is 11.5 Å². The summed E-state index contributed by atoms with van der Waals surface area (Å²) in [5.74, 6) is 1.24. The molecular weight excluding hydrogens is 544 g/mol. The van der Waals surface area contributed by atoms with Gasteiger partial charge in [-0.1, -0.05) is 13.8 Å². The Balaban J connectivity index is 1.49. The third-order valence-corrected chi connectivity index (χ3v) is 11.0. The summed E-state index contributed by atoms with van der Waals surface area (Å²) < 4.78 is 11.0. The molecule has 41 heavy (non-hydrogen) atoms. The number of hydrogen-bond donors (Lipinski definition) is 3. The first-order valence-electron chi connectivity index (χ1n) is 14.3. The van der Waals surface area contributed by atoms with Gasteiger partial charge in [-0.2, -0.15) is 0 Å². The molecule has 1 aromatic carbocycles. The lowest BCUT2D eigenvalue weighted by Gasteiger charge is -2.58. The lowest BCUT2D eigenvalue weighted by molar-refractivity contribution is -0.149. The van der Waals surface area contributed by atoms with E-state index >= 15 is 0 Å². The summed E-state index contributed by atoms with van der Waals surface area (Å²) in [6.07, 6.45) is 1.67. The molecule has 11 heteroatoms. The number of anilines is 2. The van der Waals surface area contributed by atoms with Crippen molar-refractivity contribution in [3.8, 4) is 11.5 Å². The summed E-state index contributed by atoms with van der Waals surface area (Å²) in [5, 5.41) is 25.7. The van der Waals surface area contributed by atoms with Gasteiger partial charge in [0.05, 0.1) is 38.3 Å². The number of fused-ring (bicyclic) bond motifs is 2. The quantitative estimate of drug-likeness (QED) is 0.451. The van der Waals surface area contributed by atoms with E-state index in [9.17, 15) is 19.8 Å². The number of aromatic nitrogens is 1. The number of carbonyl (C=O) groups is 2. The fourth-order valence-electron chi connectivity index (χ4n) is 7.30. The number of aliphatic hydroxyl groups excluding tert-OH is 2. The van der Waals surface area contributed by atoms with E-state index in [1.165, 1.54) is 0 Å². The summed E-state index contributed by atoms with van der Waals surface area (Å²) in [6.45, 7) is 7.75. The van der Waals surface area contributed by atoms with Gasteiger partial charge in [-0.05, 0) is 42.7 Å². The van der Waals surface area contributed by atoms with Crippen molar-refractivity contribution in [2.24, 2.45) is 16.7 Å². The Bertz CT molecular complexity index is 1290. The molecule has 2 aromatic rings. The van der Waals surface area contributed by atoms with Crippen molar-refractivity contribution in [3.63, 3.8) is 0 Å². The average molecular weight is 587 g/mol. The highest BCUT2D eigenvalue weighted by Crippen LogP contribution is 2.63. The van der Waals surface area contributed by atoms with Crippen LogP contribution in [-0.4, -0.2) is 89.9 Å². The molecule has 2 heterocycles. The molecule has 1 saturated heterocycles. The topological polar surface area (TPSA) is 124 Å². The normalized spacial score (nSPS) is 29.4. The van der Waals surface area contributed by atoms with Crippen LogP contribution in [-0.2, 0) is 16.0 Å². The fraction of sp³-hybridized carbons (Fsp3) is 0.633. The van der Waals surface area contributed by atoms with Gasteiger partial charge in [-0.25, -0.2) is 4.98 Å². The first-order chi connectivity index (χ1) is 19.5.